The van der Waals surface area contributed by atoms with E-state index in [0.29, 0.717) is 18.6 Å². The minimum absolute atomic E-state index is 0.113. The van der Waals surface area contributed by atoms with Gasteiger partial charge in [0.1, 0.15) is 5.82 Å². The average Bonchev–Trinajstić information content (AvgIpc) is 3.09. The smallest absolute Gasteiger partial charge is 0.317 e. The second-order valence-corrected chi connectivity index (χ2v) is 7.04. The highest BCUT2D eigenvalue weighted by atomic mass is 16.5. The zero-order valence-electron chi connectivity index (χ0n) is 14.7. The molecule has 0 radical (unpaired) electrons. The van der Waals surface area contributed by atoms with Gasteiger partial charge in [-0.15, -0.1) is 0 Å². The van der Waals surface area contributed by atoms with Crippen LogP contribution in [0.2, 0.25) is 0 Å². The van der Waals surface area contributed by atoms with E-state index in [2.05, 4.69) is 14.9 Å². The fourth-order valence-electron chi connectivity index (χ4n) is 3.94. The van der Waals surface area contributed by atoms with E-state index in [1.807, 2.05) is 17.3 Å². The van der Waals surface area contributed by atoms with Crippen molar-refractivity contribution in [3.05, 3.63) is 18.2 Å². The summed E-state index contributed by atoms with van der Waals surface area (Å²) >= 11 is 0. The normalized spacial score (nSPS) is 22.5. The molecule has 1 aliphatic heterocycles. The first-order chi connectivity index (χ1) is 11.8. The SMILES string of the molecule is COCCn1ccnc1[C@H]1CCCN(C(=O)NC2CCCCC2)C1. The lowest BCUT2D eigenvalue weighted by molar-refractivity contribution is 0.168. The molecule has 0 bridgehead atoms. The van der Waals surface area contributed by atoms with Gasteiger partial charge < -0.3 is 19.5 Å². The monoisotopic (exact) mass is 334 g/mol. The molecule has 1 N–H and O–H groups in total. The van der Waals surface area contributed by atoms with Gasteiger partial charge in [-0.3, -0.25) is 0 Å². The van der Waals surface area contributed by atoms with Gasteiger partial charge in [-0.05, 0) is 25.7 Å². The highest BCUT2D eigenvalue weighted by molar-refractivity contribution is 5.74. The highest BCUT2D eigenvalue weighted by Crippen LogP contribution is 2.26. The van der Waals surface area contributed by atoms with Gasteiger partial charge in [-0.1, -0.05) is 19.3 Å². The van der Waals surface area contributed by atoms with Gasteiger partial charge >= 0.3 is 6.03 Å². The molecule has 1 atom stereocenters. The van der Waals surface area contributed by atoms with Gasteiger partial charge in [-0.25, -0.2) is 9.78 Å². The molecule has 2 amide bonds. The lowest BCUT2D eigenvalue weighted by atomic mass is 9.95. The van der Waals surface area contributed by atoms with Crippen molar-refractivity contribution in [2.75, 3.05) is 26.8 Å². The standard InChI is InChI=1S/C18H30N4O2/c1-24-13-12-21-11-9-19-17(21)15-6-5-10-22(14-15)18(23)20-16-7-3-2-4-8-16/h9,11,15-16H,2-8,10,12-14H2,1H3,(H,20,23)/t15-/m0/s1. The fraction of sp³-hybridized carbons (Fsp3) is 0.778. The summed E-state index contributed by atoms with van der Waals surface area (Å²) < 4.78 is 7.34. The molecule has 1 aromatic heterocycles. The summed E-state index contributed by atoms with van der Waals surface area (Å²) in [4.78, 5) is 19.1. The van der Waals surface area contributed by atoms with E-state index >= 15 is 0 Å². The van der Waals surface area contributed by atoms with Gasteiger partial charge in [0.2, 0.25) is 0 Å². The Kier molecular flexibility index (Phi) is 6.12. The minimum atomic E-state index is 0.113. The van der Waals surface area contributed by atoms with Crippen LogP contribution in [-0.2, 0) is 11.3 Å². The van der Waals surface area contributed by atoms with Crippen molar-refractivity contribution >= 4 is 6.03 Å². The third-order valence-electron chi connectivity index (χ3n) is 5.29. The Morgan fingerprint density at radius 3 is 2.92 bits per heavy atom. The number of carbonyl (C=O) groups excluding carboxylic acids is 1. The molecule has 0 spiro atoms. The molecular weight excluding hydrogens is 304 g/mol. The predicted octanol–water partition coefficient (Wildman–Crippen LogP) is 2.75. The summed E-state index contributed by atoms with van der Waals surface area (Å²) in [5.41, 5.74) is 0. The van der Waals surface area contributed by atoms with E-state index < -0.39 is 0 Å². The molecule has 0 aromatic carbocycles. The Morgan fingerprint density at radius 2 is 2.12 bits per heavy atom. The third-order valence-corrected chi connectivity index (χ3v) is 5.29. The number of likely N-dealkylation sites (tertiary alicyclic amines) is 1. The van der Waals surface area contributed by atoms with Crippen LogP contribution in [0, 0.1) is 0 Å². The molecule has 2 aliphatic rings. The van der Waals surface area contributed by atoms with Gasteiger partial charge in [0.05, 0.1) is 6.61 Å². The third kappa shape index (κ3) is 4.29. The zero-order valence-corrected chi connectivity index (χ0v) is 14.7. The zero-order chi connectivity index (χ0) is 16.8. The molecule has 134 valence electrons. The van der Waals surface area contributed by atoms with Crippen LogP contribution in [0.1, 0.15) is 56.7 Å². The van der Waals surface area contributed by atoms with Crippen molar-refractivity contribution in [1.82, 2.24) is 19.8 Å². The van der Waals surface area contributed by atoms with Gasteiger partial charge in [-0.2, -0.15) is 0 Å². The maximum absolute atomic E-state index is 12.6. The Hall–Kier alpha value is -1.56. The molecule has 6 nitrogen and oxygen atoms in total. The highest BCUT2D eigenvalue weighted by Gasteiger charge is 2.28. The maximum atomic E-state index is 12.6. The fourth-order valence-corrected chi connectivity index (χ4v) is 3.94. The van der Waals surface area contributed by atoms with Crippen LogP contribution in [0.4, 0.5) is 4.79 Å². The predicted molar refractivity (Wildman–Crippen MR) is 93.1 cm³/mol. The second kappa shape index (κ2) is 8.51. The number of ether oxygens (including phenoxy) is 1. The van der Waals surface area contributed by atoms with E-state index in [0.717, 1.165) is 51.1 Å². The molecule has 0 unspecified atom stereocenters. The van der Waals surface area contributed by atoms with Crippen LogP contribution in [0.3, 0.4) is 0 Å². The van der Waals surface area contributed by atoms with Crippen LogP contribution in [0.5, 0.6) is 0 Å². The molecule has 1 saturated heterocycles. The molecule has 1 aromatic rings. The van der Waals surface area contributed by atoms with E-state index in [1.165, 1.54) is 19.3 Å². The van der Waals surface area contributed by atoms with Crippen LogP contribution in [-0.4, -0.2) is 53.3 Å². The van der Waals surface area contributed by atoms with Crippen LogP contribution < -0.4 is 5.32 Å². The first-order valence-electron chi connectivity index (χ1n) is 9.33. The van der Waals surface area contributed by atoms with Crippen LogP contribution >= 0.6 is 0 Å². The molecular formula is C18H30N4O2. The lowest BCUT2D eigenvalue weighted by Crippen LogP contribution is -2.48. The molecule has 1 aliphatic carbocycles. The van der Waals surface area contributed by atoms with E-state index in [4.69, 9.17) is 4.74 Å². The van der Waals surface area contributed by atoms with Crippen LogP contribution in [0.25, 0.3) is 0 Å². The number of imidazole rings is 1. The summed E-state index contributed by atoms with van der Waals surface area (Å²) in [7, 11) is 1.72. The number of nitrogens with one attached hydrogen (secondary N) is 1. The first-order valence-corrected chi connectivity index (χ1v) is 9.33. The number of carbonyl (C=O) groups is 1. The van der Waals surface area contributed by atoms with Gasteiger partial charge in [0, 0.05) is 51.1 Å². The number of amides is 2. The Bertz CT molecular complexity index is 525. The quantitative estimate of drug-likeness (QED) is 0.901. The molecule has 6 heteroatoms. The number of methoxy groups -OCH3 is 1. The topological polar surface area (TPSA) is 59.4 Å². The van der Waals surface area contributed by atoms with Crippen molar-refractivity contribution < 1.29 is 9.53 Å². The summed E-state index contributed by atoms with van der Waals surface area (Å²) in [6, 6.07) is 0.483. The minimum Gasteiger partial charge on any atom is -0.383 e. The lowest BCUT2D eigenvalue weighted by Gasteiger charge is -2.34. The number of nitrogens with zero attached hydrogens (tertiary/aromatic N) is 3. The van der Waals surface area contributed by atoms with Crippen molar-refractivity contribution in [2.24, 2.45) is 0 Å². The van der Waals surface area contributed by atoms with Gasteiger partial charge in [0.15, 0.2) is 0 Å². The average molecular weight is 334 g/mol. The summed E-state index contributed by atoms with van der Waals surface area (Å²) in [5, 5.41) is 3.24. The Labute approximate surface area is 144 Å². The molecule has 2 heterocycles. The number of urea groups is 1. The number of rotatable bonds is 5. The Balaban J connectivity index is 1.57. The Morgan fingerprint density at radius 1 is 1.29 bits per heavy atom. The second-order valence-electron chi connectivity index (χ2n) is 7.04. The largest absolute Gasteiger partial charge is 0.383 e. The van der Waals surface area contributed by atoms with Crippen LogP contribution in [0.15, 0.2) is 12.4 Å². The molecule has 3 rings (SSSR count). The van der Waals surface area contributed by atoms with Crippen molar-refractivity contribution in [2.45, 2.75) is 63.5 Å². The van der Waals surface area contributed by atoms with Crippen molar-refractivity contribution in [1.29, 1.82) is 0 Å². The molecule has 24 heavy (non-hydrogen) atoms. The summed E-state index contributed by atoms with van der Waals surface area (Å²) in [6.07, 6.45) is 12.0. The summed E-state index contributed by atoms with van der Waals surface area (Å²) in [6.45, 7) is 3.12. The van der Waals surface area contributed by atoms with Crippen molar-refractivity contribution in [3.8, 4) is 0 Å². The first kappa shape index (κ1) is 17.3. The van der Waals surface area contributed by atoms with E-state index in [9.17, 15) is 4.79 Å². The van der Waals surface area contributed by atoms with Crippen molar-refractivity contribution in [3.63, 3.8) is 0 Å². The number of piperidine rings is 1. The molecule has 2 fully saturated rings. The van der Waals surface area contributed by atoms with E-state index in [-0.39, 0.29) is 6.03 Å². The summed E-state index contributed by atoms with van der Waals surface area (Å²) in [5.74, 6) is 1.41. The molecule has 1 saturated carbocycles. The number of hydrogen-bond acceptors (Lipinski definition) is 3. The van der Waals surface area contributed by atoms with Gasteiger partial charge in [0.25, 0.3) is 0 Å². The number of hydrogen-bond donors (Lipinski definition) is 1. The number of aromatic nitrogens is 2. The van der Waals surface area contributed by atoms with E-state index in [1.54, 1.807) is 7.11 Å². The maximum Gasteiger partial charge on any atom is 0.317 e.